The number of rotatable bonds is 1. The zero-order valence-electron chi connectivity index (χ0n) is 9.49. The lowest BCUT2D eigenvalue weighted by Gasteiger charge is -2.04. The molecule has 1 N–H and O–H groups in total. The van der Waals surface area contributed by atoms with Crippen LogP contribution in [-0.4, -0.2) is 11.6 Å². The summed E-state index contributed by atoms with van der Waals surface area (Å²) in [6.45, 7) is 0. The molecular formula is C14H14N2. The van der Waals surface area contributed by atoms with Crippen molar-refractivity contribution >= 4 is 27.5 Å². The fourth-order valence-corrected chi connectivity index (χ4v) is 2.44. The molecule has 0 amide bonds. The summed E-state index contributed by atoms with van der Waals surface area (Å²) in [4.78, 5) is 0. The third-order valence-electron chi connectivity index (χ3n) is 3.20. The largest absolute Gasteiger partial charge is 0.386 e. The first-order valence-corrected chi connectivity index (χ1v) is 5.47. The molecular weight excluding hydrogens is 196 g/mol. The maximum atomic E-state index is 3.25. The SMILES string of the molecule is CNc1cccc2c3ccccc3n(C)c12. The van der Waals surface area contributed by atoms with Crippen LogP contribution < -0.4 is 5.32 Å². The van der Waals surface area contributed by atoms with Gasteiger partial charge in [-0.25, -0.2) is 0 Å². The van der Waals surface area contributed by atoms with E-state index in [2.05, 4.69) is 59.4 Å². The van der Waals surface area contributed by atoms with Crippen LogP contribution in [0.2, 0.25) is 0 Å². The monoisotopic (exact) mass is 210 g/mol. The number of nitrogens with one attached hydrogen (secondary N) is 1. The van der Waals surface area contributed by atoms with Gasteiger partial charge < -0.3 is 9.88 Å². The molecule has 16 heavy (non-hydrogen) atoms. The summed E-state index contributed by atoms with van der Waals surface area (Å²) >= 11 is 0. The summed E-state index contributed by atoms with van der Waals surface area (Å²) in [6, 6.07) is 14.9. The molecule has 1 aromatic heterocycles. The Hall–Kier alpha value is -1.96. The average Bonchev–Trinajstić information content (AvgIpc) is 2.64. The number of aromatic nitrogens is 1. The van der Waals surface area contributed by atoms with Crippen LogP contribution in [0.1, 0.15) is 0 Å². The van der Waals surface area contributed by atoms with Crippen LogP contribution >= 0.6 is 0 Å². The van der Waals surface area contributed by atoms with Crippen molar-refractivity contribution in [3.8, 4) is 0 Å². The van der Waals surface area contributed by atoms with E-state index in [1.807, 2.05) is 7.05 Å². The molecule has 1 heterocycles. The molecule has 0 fully saturated rings. The number of fused-ring (bicyclic) bond motifs is 3. The summed E-state index contributed by atoms with van der Waals surface area (Å²) in [7, 11) is 4.08. The molecule has 3 rings (SSSR count). The van der Waals surface area contributed by atoms with E-state index in [0.717, 1.165) is 0 Å². The van der Waals surface area contributed by atoms with Crippen molar-refractivity contribution < 1.29 is 0 Å². The molecule has 3 aromatic rings. The maximum absolute atomic E-state index is 3.25. The van der Waals surface area contributed by atoms with Crippen molar-refractivity contribution in [1.29, 1.82) is 0 Å². The number of para-hydroxylation sites is 2. The number of hydrogen-bond donors (Lipinski definition) is 1. The van der Waals surface area contributed by atoms with Gasteiger partial charge in [-0.2, -0.15) is 0 Å². The number of aryl methyl sites for hydroxylation is 1. The molecule has 0 spiro atoms. The molecule has 0 unspecified atom stereocenters. The van der Waals surface area contributed by atoms with E-state index in [9.17, 15) is 0 Å². The van der Waals surface area contributed by atoms with Crippen LogP contribution in [0.15, 0.2) is 42.5 Å². The Morgan fingerprint density at radius 1 is 0.938 bits per heavy atom. The van der Waals surface area contributed by atoms with Crippen LogP contribution in [0.25, 0.3) is 21.8 Å². The van der Waals surface area contributed by atoms with Gasteiger partial charge in [-0.3, -0.25) is 0 Å². The predicted octanol–water partition coefficient (Wildman–Crippen LogP) is 3.37. The Bertz CT molecular complexity index is 665. The highest BCUT2D eigenvalue weighted by Gasteiger charge is 2.09. The summed E-state index contributed by atoms with van der Waals surface area (Å²) in [5.41, 5.74) is 3.72. The van der Waals surface area contributed by atoms with Gasteiger partial charge in [0.2, 0.25) is 0 Å². The van der Waals surface area contributed by atoms with E-state index in [-0.39, 0.29) is 0 Å². The standard InChI is InChI=1S/C14H14N2/c1-15-12-8-5-7-11-10-6-3-4-9-13(10)16(2)14(11)12/h3-9,15H,1-2H3. The van der Waals surface area contributed by atoms with Crippen molar-refractivity contribution in [1.82, 2.24) is 4.57 Å². The first-order chi connectivity index (χ1) is 7.83. The number of benzene rings is 2. The first kappa shape index (κ1) is 9.28. The second-order valence-electron chi connectivity index (χ2n) is 4.03. The van der Waals surface area contributed by atoms with Crippen LogP contribution in [0.5, 0.6) is 0 Å². The quantitative estimate of drug-likeness (QED) is 0.651. The number of hydrogen-bond acceptors (Lipinski definition) is 1. The van der Waals surface area contributed by atoms with Gasteiger partial charge in [-0.05, 0) is 12.1 Å². The second kappa shape index (κ2) is 3.27. The van der Waals surface area contributed by atoms with Crippen molar-refractivity contribution in [2.24, 2.45) is 7.05 Å². The van der Waals surface area contributed by atoms with E-state index < -0.39 is 0 Å². The van der Waals surface area contributed by atoms with Crippen LogP contribution in [0, 0.1) is 0 Å². The molecule has 0 saturated carbocycles. The van der Waals surface area contributed by atoms with Gasteiger partial charge in [0.25, 0.3) is 0 Å². The van der Waals surface area contributed by atoms with Gasteiger partial charge >= 0.3 is 0 Å². The Morgan fingerprint density at radius 2 is 1.69 bits per heavy atom. The predicted molar refractivity (Wildman–Crippen MR) is 70.0 cm³/mol. The number of nitrogens with zero attached hydrogens (tertiary/aromatic N) is 1. The van der Waals surface area contributed by atoms with Gasteiger partial charge in [-0.15, -0.1) is 0 Å². The van der Waals surface area contributed by atoms with Gasteiger partial charge in [0, 0.05) is 30.4 Å². The lowest BCUT2D eigenvalue weighted by atomic mass is 10.1. The minimum Gasteiger partial charge on any atom is -0.386 e. The Morgan fingerprint density at radius 3 is 2.50 bits per heavy atom. The average molecular weight is 210 g/mol. The smallest absolute Gasteiger partial charge is 0.0724 e. The zero-order chi connectivity index (χ0) is 11.1. The molecule has 0 saturated heterocycles. The second-order valence-corrected chi connectivity index (χ2v) is 4.03. The molecule has 0 aliphatic carbocycles. The highest BCUT2D eigenvalue weighted by molar-refractivity contribution is 6.11. The first-order valence-electron chi connectivity index (χ1n) is 5.47. The summed E-state index contributed by atoms with van der Waals surface area (Å²) in [6.07, 6.45) is 0. The van der Waals surface area contributed by atoms with Crippen molar-refractivity contribution in [3.63, 3.8) is 0 Å². The summed E-state index contributed by atoms with van der Waals surface area (Å²) < 4.78 is 2.25. The van der Waals surface area contributed by atoms with E-state index in [1.165, 1.54) is 27.5 Å². The van der Waals surface area contributed by atoms with Gasteiger partial charge in [0.05, 0.1) is 11.2 Å². The van der Waals surface area contributed by atoms with E-state index >= 15 is 0 Å². The third kappa shape index (κ3) is 1.07. The van der Waals surface area contributed by atoms with Crippen LogP contribution in [0.4, 0.5) is 5.69 Å². The molecule has 0 aliphatic rings. The van der Waals surface area contributed by atoms with Gasteiger partial charge in [-0.1, -0.05) is 30.3 Å². The van der Waals surface area contributed by atoms with Gasteiger partial charge in [0.15, 0.2) is 0 Å². The lowest BCUT2D eigenvalue weighted by Crippen LogP contribution is -1.93. The minimum absolute atomic E-state index is 1.18. The topological polar surface area (TPSA) is 17.0 Å². The molecule has 2 nitrogen and oxygen atoms in total. The molecule has 0 radical (unpaired) electrons. The minimum atomic E-state index is 1.18. The van der Waals surface area contributed by atoms with Gasteiger partial charge in [0.1, 0.15) is 0 Å². The zero-order valence-corrected chi connectivity index (χ0v) is 9.49. The van der Waals surface area contributed by atoms with Crippen LogP contribution in [-0.2, 0) is 7.05 Å². The molecule has 0 atom stereocenters. The molecule has 80 valence electrons. The molecule has 2 heteroatoms. The van der Waals surface area contributed by atoms with E-state index in [4.69, 9.17) is 0 Å². The fourth-order valence-electron chi connectivity index (χ4n) is 2.44. The summed E-state index contributed by atoms with van der Waals surface area (Å²) in [5, 5.41) is 5.88. The Labute approximate surface area is 94.5 Å². The summed E-state index contributed by atoms with van der Waals surface area (Å²) in [5.74, 6) is 0. The number of anilines is 1. The van der Waals surface area contributed by atoms with E-state index in [0.29, 0.717) is 0 Å². The van der Waals surface area contributed by atoms with Crippen molar-refractivity contribution in [2.75, 3.05) is 12.4 Å². The molecule has 0 aliphatic heterocycles. The Balaban J connectivity index is 2.61. The van der Waals surface area contributed by atoms with Crippen molar-refractivity contribution in [2.45, 2.75) is 0 Å². The molecule has 2 aromatic carbocycles. The highest BCUT2D eigenvalue weighted by Crippen LogP contribution is 2.32. The van der Waals surface area contributed by atoms with Crippen molar-refractivity contribution in [3.05, 3.63) is 42.5 Å². The third-order valence-corrected chi connectivity index (χ3v) is 3.20. The maximum Gasteiger partial charge on any atom is 0.0724 e. The normalized spacial score (nSPS) is 11.1. The van der Waals surface area contributed by atoms with Crippen LogP contribution in [0.3, 0.4) is 0 Å². The highest BCUT2D eigenvalue weighted by atomic mass is 15.0. The molecule has 0 bridgehead atoms. The lowest BCUT2D eigenvalue weighted by molar-refractivity contribution is 1.01. The Kier molecular flexibility index (Phi) is 1.90. The fraction of sp³-hybridized carbons (Fsp3) is 0.143. The van der Waals surface area contributed by atoms with E-state index in [1.54, 1.807) is 0 Å².